The zero-order chi connectivity index (χ0) is 74.6. The molecule has 3 aliphatic carbocycles. The molecular weight excluding hydrogens is 1410 g/mol. The van der Waals surface area contributed by atoms with Crippen LogP contribution in [0.5, 0.6) is 5.75 Å². The second-order valence-electron chi connectivity index (χ2n) is 28.8. The van der Waals surface area contributed by atoms with Gasteiger partial charge in [-0.15, -0.1) is 0 Å². The molecule has 15 aromatic rings. The first-order valence-corrected chi connectivity index (χ1v) is 36.8. The highest BCUT2D eigenvalue weighted by atomic mass is 35.5. The van der Waals surface area contributed by atoms with Gasteiger partial charge in [-0.05, 0) is 155 Å². The third-order valence-electron chi connectivity index (χ3n) is 21.7. The fourth-order valence-corrected chi connectivity index (χ4v) is 16.1. The van der Waals surface area contributed by atoms with Gasteiger partial charge in [0.1, 0.15) is 75.8 Å². The summed E-state index contributed by atoms with van der Waals surface area (Å²) in [5.74, 6) is 2.47. The van der Waals surface area contributed by atoms with Gasteiger partial charge in [0.15, 0.2) is 17.5 Å². The number of nitrogens with zero attached hydrogens (tertiary/aromatic N) is 13. The van der Waals surface area contributed by atoms with Crippen molar-refractivity contribution in [3.63, 3.8) is 0 Å². The molecule has 0 spiro atoms. The maximum atomic E-state index is 12.8. The van der Waals surface area contributed by atoms with Gasteiger partial charge in [0, 0.05) is 56.7 Å². The molecule has 10 heterocycles. The summed E-state index contributed by atoms with van der Waals surface area (Å²) in [6, 6.07) is 43.8. The number of aromatic nitrogens is 16. The number of carboxylic acids is 2. The van der Waals surface area contributed by atoms with Crippen molar-refractivity contribution in [1.29, 1.82) is 0 Å². The maximum absolute atomic E-state index is 12.8. The van der Waals surface area contributed by atoms with Gasteiger partial charge in [0.05, 0.1) is 62.4 Å². The van der Waals surface area contributed by atoms with E-state index in [0.29, 0.717) is 87.7 Å². The van der Waals surface area contributed by atoms with Crippen LogP contribution in [0.3, 0.4) is 0 Å². The molecule has 10 aromatic heterocycles. The number of rotatable bonds is 13. The maximum Gasteiger partial charge on any atom is 0.306 e. The lowest BCUT2D eigenvalue weighted by Gasteiger charge is -2.26. The lowest BCUT2D eigenvalue weighted by molar-refractivity contribution is -0.143. The van der Waals surface area contributed by atoms with Crippen molar-refractivity contribution < 1.29 is 29.7 Å². The Morgan fingerprint density at radius 1 is 0.491 bits per heavy atom. The molecule has 0 radical (unpaired) electrons. The molecule has 3 aliphatic rings. The topological polar surface area (TPSA) is 391 Å². The number of pyridine rings is 1. The van der Waals surface area contributed by atoms with E-state index in [-0.39, 0.29) is 62.0 Å². The summed E-state index contributed by atoms with van der Waals surface area (Å²) in [6.45, 7) is 6.33. The smallest absolute Gasteiger partial charge is 0.306 e. The van der Waals surface area contributed by atoms with E-state index in [1.165, 1.54) is 30.1 Å². The van der Waals surface area contributed by atoms with Crippen molar-refractivity contribution >= 4 is 102 Å². The summed E-state index contributed by atoms with van der Waals surface area (Å²) >= 11 is 6.39. The number of aryl methyl sites for hydroxylation is 1. The predicted octanol–water partition coefficient (Wildman–Crippen LogP) is 17.0. The number of hydrogen-bond donors (Lipinski definition) is 10. The van der Waals surface area contributed by atoms with E-state index in [0.717, 1.165) is 147 Å². The Morgan fingerprint density at radius 3 is 1.32 bits per heavy atom. The number of H-pyrrole nitrogens is 3. The number of aromatic amines is 3. The van der Waals surface area contributed by atoms with Crippen molar-refractivity contribution in [2.75, 3.05) is 22.5 Å². The second-order valence-corrected chi connectivity index (χ2v) is 29.2. The molecule has 0 atom stereocenters. The lowest BCUT2D eigenvalue weighted by atomic mass is 9.81. The number of nitrogens with two attached hydrogens (primary N) is 3. The summed E-state index contributed by atoms with van der Waals surface area (Å²) in [6.07, 6.45) is 14.7. The van der Waals surface area contributed by atoms with E-state index in [9.17, 15) is 29.7 Å². The number of phenolic OH excluding ortho intramolecular Hbond substituents is 1. The number of halogens is 1. The normalized spacial score (nSPS) is 17.8. The van der Waals surface area contributed by atoms with Crippen LogP contribution in [0.25, 0.3) is 106 Å². The number of phenols is 1. The Morgan fingerprint density at radius 2 is 0.900 bits per heavy atom. The van der Waals surface area contributed by atoms with Crippen LogP contribution in [0.1, 0.15) is 158 Å². The van der Waals surface area contributed by atoms with Crippen molar-refractivity contribution in [1.82, 2.24) is 78.7 Å². The zero-order valence-corrected chi connectivity index (χ0v) is 60.3. The van der Waals surface area contributed by atoms with E-state index < -0.39 is 11.9 Å². The van der Waals surface area contributed by atoms with Crippen LogP contribution in [0.2, 0.25) is 5.02 Å². The molecule has 3 fully saturated rings. The molecule has 27 heteroatoms. The molecule has 3 saturated carbocycles. The second kappa shape index (κ2) is 30.9. The van der Waals surface area contributed by atoms with Crippen LogP contribution >= 0.6 is 11.6 Å². The first-order valence-electron chi connectivity index (χ1n) is 36.5. The minimum absolute atomic E-state index is 0. The SMILES string of the molecule is C.C.CC(C)c1cccc(-c2cccc3cc(-c4nc(C5CCC(C(=O)O)CC5)n5ncnc(N)c45)[nH]c23)c1.Cc1ccc(NC(=O)C2CCC(c3nc(-c4cc5cccc(Cl)c5[nH]4)c4c(N)ncnn34)CC2)cn1.Nc1ncnn2c(C3CCC(C(=O)O)CC3)nc(-c3cc4cccc(-c5ccc(O)cc5)c4[nH]3)c12. The van der Waals surface area contributed by atoms with Crippen molar-refractivity contribution in [3.05, 3.63) is 192 Å². The molecule has 0 aliphatic heterocycles. The van der Waals surface area contributed by atoms with Crippen LogP contribution < -0.4 is 22.5 Å². The minimum atomic E-state index is -0.730. The van der Waals surface area contributed by atoms with Gasteiger partial charge >= 0.3 is 11.9 Å². The molecular formula is C83H87ClN20O6. The van der Waals surface area contributed by atoms with Gasteiger partial charge in [-0.25, -0.2) is 43.5 Å². The number of amides is 1. The number of aliphatic carboxylic acids is 2. The van der Waals surface area contributed by atoms with E-state index in [4.69, 9.17) is 43.8 Å². The highest BCUT2D eigenvalue weighted by Crippen LogP contribution is 2.44. The van der Waals surface area contributed by atoms with Crippen molar-refractivity contribution in [3.8, 4) is 62.2 Å². The van der Waals surface area contributed by atoms with E-state index in [2.05, 4.69) is 118 Å². The first-order chi connectivity index (χ1) is 52.4. The Hall–Kier alpha value is -12.6. The number of para-hydroxylation sites is 3. The molecule has 18 rings (SSSR count). The Balaban J connectivity index is 0.000000136. The Kier molecular flexibility index (Phi) is 20.9. The van der Waals surface area contributed by atoms with Crippen LogP contribution in [0.15, 0.2) is 159 Å². The van der Waals surface area contributed by atoms with Crippen LogP contribution in [0.4, 0.5) is 23.1 Å². The highest BCUT2D eigenvalue weighted by molar-refractivity contribution is 6.35. The number of anilines is 4. The third-order valence-corrected chi connectivity index (χ3v) is 22.0. The zero-order valence-electron chi connectivity index (χ0n) is 59.5. The van der Waals surface area contributed by atoms with Crippen LogP contribution in [-0.2, 0) is 14.4 Å². The first kappa shape index (κ1) is 74.3. The molecule has 0 unspecified atom stereocenters. The average Bonchev–Trinajstić information content (AvgIpc) is 1.61. The fourth-order valence-electron chi connectivity index (χ4n) is 15.9. The van der Waals surface area contributed by atoms with Crippen LogP contribution in [-0.4, -0.2) is 112 Å². The quantitative estimate of drug-likeness (QED) is 0.0512. The number of carbonyl (C=O) groups is 3. The molecule has 26 nitrogen and oxygen atoms in total. The van der Waals surface area contributed by atoms with Gasteiger partial charge in [-0.2, -0.15) is 15.3 Å². The van der Waals surface area contributed by atoms with Crippen molar-refractivity contribution in [2.24, 2.45) is 17.8 Å². The summed E-state index contributed by atoms with van der Waals surface area (Å²) in [7, 11) is 0. The monoisotopic (exact) mass is 1490 g/mol. The molecule has 1 amide bonds. The van der Waals surface area contributed by atoms with E-state index >= 15 is 0 Å². The number of carbonyl (C=O) groups excluding carboxylic acids is 1. The third kappa shape index (κ3) is 14.4. The molecule has 110 heavy (non-hydrogen) atoms. The molecule has 13 N–H and O–H groups in total. The fraction of sp³-hybridized carbons (Fsp3) is 0.289. The van der Waals surface area contributed by atoms with Gasteiger partial charge in [0.25, 0.3) is 0 Å². The number of imidazole rings is 3. The molecule has 0 bridgehead atoms. The predicted molar refractivity (Wildman–Crippen MR) is 430 cm³/mol. The van der Waals surface area contributed by atoms with Gasteiger partial charge in [-0.1, -0.05) is 125 Å². The number of fused-ring (bicyclic) bond motifs is 6. The molecule has 5 aromatic carbocycles. The summed E-state index contributed by atoms with van der Waals surface area (Å²) in [4.78, 5) is 78.2. The van der Waals surface area contributed by atoms with E-state index in [1.807, 2.05) is 79.7 Å². The number of carboxylic acid groups (broad SMARTS) is 2. The van der Waals surface area contributed by atoms with Gasteiger partial charge < -0.3 is 52.8 Å². The van der Waals surface area contributed by atoms with Gasteiger partial charge in [-0.3, -0.25) is 19.4 Å². The minimum Gasteiger partial charge on any atom is -0.508 e. The van der Waals surface area contributed by atoms with Crippen LogP contribution in [0, 0.1) is 24.7 Å². The highest BCUT2D eigenvalue weighted by Gasteiger charge is 2.35. The summed E-state index contributed by atoms with van der Waals surface area (Å²) in [5, 5.41) is 48.6. The largest absolute Gasteiger partial charge is 0.508 e. The Labute approximate surface area is 638 Å². The summed E-state index contributed by atoms with van der Waals surface area (Å²) in [5.41, 5.74) is 35.5. The number of nitrogen functional groups attached to an aromatic ring is 3. The van der Waals surface area contributed by atoms with E-state index in [1.54, 1.807) is 31.9 Å². The Bertz CT molecular complexity index is 5910. The standard InChI is InChI=1S/C29H30N6O2.C26H25ClN8O.C26H24N6O3.2CH4/c1-16(2)19-5-3-6-20(13-19)22-8-4-7-21-14-23(33-24(21)22)25-26-27(30)31-15-32-35(26)28(34-25)17-9-11-18(12-10-17)29(36)37;1-14-5-10-18(12-29-14)32-26(36)16-8-6-15(7-9-16)25-34-22(23-24(28)30-13-31-35(23)25)20-11-17-3-2-4-19(27)21(17)33-20;27-24-23-22(31-25(32(23)29-13-28-24)15-4-6-16(7-5-15)26(34)35)20-12-17-2-1-3-19(21(17)30-20)14-8-10-18(33)11-9-14;;/h3-8,13-18,33H,9-12H2,1-2H3,(H,36,37)(H2,30,31,32);2-5,10-13,15-16,33H,6-9H2,1H3,(H,32,36)(H2,28,30,31);1-3,8-13,15-16,30,33H,4-7H2,(H,34,35)(H2,27,28,29);2*1H4. The van der Waals surface area contributed by atoms with Crippen molar-refractivity contribution in [2.45, 2.75) is 136 Å². The molecule has 562 valence electrons. The van der Waals surface area contributed by atoms with Gasteiger partial charge in [0.2, 0.25) is 5.91 Å². The number of hydrogen-bond acceptors (Lipinski definition) is 17. The summed E-state index contributed by atoms with van der Waals surface area (Å²) < 4.78 is 5.35. The number of aromatic hydroxyl groups is 1. The lowest BCUT2D eigenvalue weighted by Crippen LogP contribution is -2.27. The number of benzene rings is 5. The average molecular weight is 1500 g/mol. The molecule has 0 saturated heterocycles. The number of nitrogens with one attached hydrogen (secondary N) is 4.